The minimum Gasteiger partial charge on any atom is -0.489 e. The number of benzene rings is 3. The number of hydrogen-bond acceptors (Lipinski definition) is 5. The Bertz CT molecular complexity index is 1220. The minimum absolute atomic E-state index is 0.382. The second-order valence-electron chi connectivity index (χ2n) is 7.24. The number of amides is 1. The Kier molecular flexibility index (Phi) is 6.75. The first kappa shape index (κ1) is 21.1. The van der Waals surface area contributed by atoms with Crippen molar-refractivity contribution in [2.75, 3.05) is 18.5 Å². The van der Waals surface area contributed by atoms with E-state index < -0.39 is 5.91 Å². The van der Waals surface area contributed by atoms with Crippen LogP contribution in [0, 0.1) is 0 Å². The molecule has 3 aromatic carbocycles. The Morgan fingerprint density at radius 2 is 1.72 bits per heavy atom. The number of carbonyl (C=O) groups is 1. The third kappa shape index (κ3) is 5.50. The van der Waals surface area contributed by atoms with Crippen molar-refractivity contribution in [2.24, 2.45) is 0 Å². The first-order chi connectivity index (χ1) is 15.7. The molecule has 0 bridgehead atoms. The molecule has 3 N–H and O–H groups in total. The van der Waals surface area contributed by atoms with Gasteiger partial charge in [-0.25, -0.2) is 5.48 Å². The van der Waals surface area contributed by atoms with Crippen LogP contribution in [0.4, 0.5) is 5.69 Å². The van der Waals surface area contributed by atoms with Crippen LogP contribution in [0.1, 0.15) is 15.9 Å². The molecule has 0 atom stereocenters. The molecule has 160 valence electrons. The average molecular weight is 425 g/mol. The van der Waals surface area contributed by atoms with Crippen LogP contribution in [0.15, 0.2) is 96.7 Å². The normalized spacial score (nSPS) is 11.2. The van der Waals surface area contributed by atoms with Crippen LogP contribution in [-0.2, 0) is 0 Å². The number of nitrogens with one attached hydrogen (secondary N) is 2. The number of hydrogen-bond donors (Lipinski definition) is 3. The maximum Gasteiger partial charge on any atom is 0.274 e. The molecule has 4 aromatic rings. The van der Waals surface area contributed by atoms with Gasteiger partial charge in [0.15, 0.2) is 0 Å². The Morgan fingerprint density at radius 3 is 2.50 bits per heavy atom. The zero-order chi connectivity index (χ0) is 22.2. The molecule has 4 rings (SSSR count). The van der Waals surface area contributed by atoms with E-state index in [-0.39, 0.29) is 0 Å². The molecule has 0 saturated heterocycles. The van der Waals surface area contributed by atoms with Gasteiger partial charge < -0.3 is 10.1 Å². The highest BCUT2D eigenvalue weighted by Gasteiger charge is 2.05. The zero-order valence-electron chi connectivity index (χ0n) is 17.4. The smallest absolute Gasteiger partial charge is 0.274 e. The lowest BCUT2D eigenvalue weighted by molar-refractivity contribution is 0.0706. The Labute approximate surface area is 186 Å². The standard InChI is InChI=1S/C26H23N3O3/c30-26(29-31)21-12-10-19(11-13-21)14-20(18-32-24-7-2-1-3-8-24)16-27-23-15-22-6-4-5-9-25(22)28-17-23/h1-15,17,27,31H,16,18H2,(H,29,30)/b20-14+. The van der Waals surface area contributed by atoms with Crippen LogP contribution >= 0.6 is 0 Å². The summed E-state index contributed by atoms with van der Waals surface area (Å²) in [5, 5.41) is 13.3. The predicted octanol–water partition coefficient (Wildman–Crippen LogP) is 4.93. The molecule has 0 aliphatic heterocycles. The van der Waals surface area contributed by atoms with Gasteiger partial charge >= 0.3 is 0 Å². The summed E-state index contributed by atoms with van der Waals surface area (Å²) in [6.07, 6.45) is 3.84. The Hall–Kier alpha value is -4.16. The molecule has 6 nitrogen and oxygen atoms in total. The molecule has 0 radical (unpaired) electrons. The Morgan fingerprint density at radius 1 is 0.969 bits per heavy atom. The van der Waals surface area contributed by atoms with Gasteiger partial charge in [-0.3, -0.25) is 15.0 Å². The van der Waals surface area contributed by atoms with Crippen molar-refractivity contribution in [3.8, 4) is 5.75 Å². The molecule has 1 heterocycles. The van der Waals surface area contributed by atoms with Crippen molar-refractivity contribution in [1.29, 1.82) is 0 Å². The monoisotopic (exact) mass is 425 g/mol. The minimum atomic E-state index is -0.543. The maximum absolute atomic E-state index is 11.5. The SMILES string of the molecule is O=C(NO)c1ccc(/C=C(\CNc2cnc3ccccc3c2)COc2ccccc2)cc1. The number of hydroxylamine groups is 1. The molecular formula is C26H23N3O3. The summed E-state index contributed by atoms with van der Waals surface area (Å²) in [7, 11) is 0. The van der Waals surface area contributed by atoms with Gasteiger partial charge in [0, 0.05) is 17.5 Å². The van der Waals surface area contributed by atoms with Crippen molar-refractivity contribution in [2.45, 2.75) is 0 Å². The highest BCUT2D eigenvalue weighted by atomic mass is 16.5. The number of carbonyl (C=O) groups excluding carboxylic acids is 1. The van der Waals surface area contributed by atoms with Crippen LogP contribution in [0.2, 0.25) is 0 Å². The summed E-state index contributed by atoms with van der Waals surface area (Å²) >= 11 is 0. The van der Waals surface area contributed by atoms with Crippen LogP contribution < -0.4 is 15.5 Å². The molecule has 0 fully saturated rings. The third-order valence-electron chi connectivity index (χ3n) is 4.92. The van der Waals surface area contributed by atoms with Gasteiger partial charge in [0.1, 0.15) is 12.4 Å². The number of ether oxygens (including phenoxy) is 1. The maximum atomic E-state index is 11.5. The van der Waals surface area contributed by atoms with Gasteiger partial charge in [-0.1, -0.05) is 54.6 Å². The zero-order valence-corrected chi connectivity index (χ0v) is 17.4. The predicted molar refractivity (Wildman–Crippen MR) is 126 cm³/mol. The fourth-order valence-electron chi connectivity index (χ4n) is 3.25. The van der Waals surface area contributed by atoms with Gasteiger partial charge in [0.2, 0.25) is 0 Å². The highest BCUT2D eigenvalue weighted by molar-refractivity contribution is 5.93. The summed E-state index contributed by atoms with van der Waals surface area (Å²) in [5.41, 5.74) is 5.83. The fraction of sp³-hybridized carbons (Fsp3) is 0.0769. The van der Waals surface area contributed by atoms with E-state index in [9.17, 15) is 4.79 Å². The fourth-order valence-corrected chi connectivity index (χ4v) is 3.25. The number of pyridine rings is 1. The number of aromatic nitrogens is 1. The van der Waals surface area contributed by atoms with E-state index in [4.69, 9.17) is 9.94 Å². The summed E-state index contributed by atoms with van der Waals surface area (Å²) in [4.78, 5) is 16.0. The van der Waals surface area contributed by atoms with Gasteiger partial charge in [-0.15, -0.1) is 0 Å². The quantitative estimate of drug-likeness (QED) is 0.275. The number of nitrogens with zero attached hydrogens (tertiary/aromatic N) is 1. The van der Waals surface area contributed by atoms with Crippen molar-refractivity contribution in [3.63, 3.8) is 0 Å². The Balaban J connectivity index is 1.51. The second-order valence-corrected chi connectivity index (χ2v) is 7.24. The van der Waals surface area contributed by atoms with E-state index in [2.05, 4.69) is 16.4 Å². The number of rotatable bonds is 8. The van der Waals surface area contributed by atoms with Gasteiger partial charge in [0.05, 0.1) is 17.4 Å². The molecule has 32 heavy (non-hydrogen) atoms. The largest absolute Gasteiger partial charge is 0.489 e. The molecule has 0 spiro atoms. The van der Waals surface area contributed by atoms with Crippen LogP contribution in [0.25, 0.3) is 17.0 Å². The van der Waals surface area contributed by atoms with Crippen molar-refractivity contribution in [1.82, 2.24) is 10.5 Å². The summed E-state index contributed by atoms with van der Waals surface area (Å²) in [6.45, 7) is 0.961. The second kappa shape index (κ2) is 10.2. The van der Waals surface area contributed by atoms with E-state index in [1.807, 2.05) is 79.0 Å². The number of fused-ring (bicyclic) bond motifs is 1. The molecule has 0 aliphatic rings. The molecule has 1 amide bonds. The van der Waals surface area contributed by atoms with E-state index in [1.54, 1.807) is 17.6 Å². The van der Waals surface area contributed by atoms with E-state index in [0.29, 0.717) is 18.7 Å². The topological polar surface area (TPSA) is 83.5 Å². The van der Waals surface area contributed by atoms with Crippen molar-refractivity contribution >= 4 is 28.6 Å². The first-order valence-corrected chi connectivity index (χ1v) is 10.2. The van der Waals surface area contributed by atoms with Gasteiger partial charge in [-0.2, -0.15) is 0 Å². The summed E-state index contributed by atoms with van der Waals surface area (Å²) < 4.78 is 5.96. The molecule has 0 unspecified atom stereocenters. The van der Waals surface area contributed by atoms with Crippen molar-refractivity contribution in [3.05, 3.63) is 108 Å². The van der Waals surface area contributed by atoms with E-state index >= 15 is 0 Å². The van der Waals surface area contributed by atoms with Crippen molar-refractivity contribution < 1.29 is 14.7 Å². The summed E-state index contributed by atoms with van der Waals surface area (Å²) in [5.74, 6) is 0.249. The number of para-hydroxylation sites is 2. The molecule has 0 saturated carbocycles. The summed E-state index contributed by atoms with van der Waals surface area (Å²) in [6, 6.07) is 26.7. The average Bonchev–Trinajstić information content (AvgIpc) is 2.86. The van der Waals surface area contributed by atoms with Gasteiger partial charge in [0.25, 0.3) is 5.91 Å². The van der Waals surface area contributed by atoms with Crippen LogP contribution in [0.5, 0.6) is 5.75 Å². The van der Waals surface area contributed by atoms with Crippen LogP contribution in [-0.4, -0.2) is 29.3 Å². The molecule has 0 aliphatic carbocycles. The molecular weight excluding hydrogens is 402 g/mol. The van der Waals surface area contributed by atoms with E-state index in [1.165, 1.54) is 0 Å². The third-order valence-corrected chi connectivity index (χ3v) is 4.92. The lowest BCUT2D eigenvalue weighted by Gasteiger charge is -2.13. The van der Waals surface area contributed by atoms with Crippen LogP contribution in [0.3, 0.4) is 0 Å². The van der Waals surface area contributed by atoms with E-state index in [0.717, 1.165) is 33.5 Å². The molecule has 6 heteroatoms. The van der Waals surface area contributed by atoms with Gasteiger partial charge in [-0.05, 0) is 47.5 Å². The highest BCUT2D eigenvalue weighted by Crippen LogP contribution is 2.18. The molecule has 1 aromatic heterocycles. The first-order valence-electron chi connectivity index (χ1n) is 10.2. The lowest BCUT2D eigenvalue weighted by Crippen LogP contribution is -2.18. The number of anilines is 1. The lowest BCUT2D eigenvalue weighted by atomic mass is 10.1.